The Morgan fingerprint density at radius 2 is 2.06 bits per heavy atom. The molecular weight excluding hydrogens is 424 g/mol. The number of ketones is 1. The molecule has 0 amide bonds. The summed E-state index contributed by atoms with van der Waals surface area (Å²) in [6, 6.07) is 7.79. The Morgan fingerprint density at radius 3 is 2.66 bits per heavy atom. The highest BCUT2D eigenvalue weighted by Crippen LogP contribution is 2.39. The van der Waals surface area contributed by atoms with Gasteiger partial charge in [-0.3, -0.25) is 4.79 Å². The van der Waals surface area contributed by atoms with Gasteiger partial charge in [-0.25, -0.2) is 17.7 Å². The molecule has 32 heavy (non-hydrogen) atoms. The van der Waals surface area contributed by atoms with E-state index in [1.54, 1.807) is 0 Å². The summed E-state index contributed by atoms with van der Waals surface area (Å²) in [6.07, 6.45) is 7.08. The van der Waals surface area contributed by atoms with E-state index >= 15 is 0 Å². The number of rotatable bonds is 8. The normalized spacial score (nSPS) is 15.9. The molecule has 170 valence electrons. The Balaban J connectivity index is 1.91. The van der Waals surface area contributed by atoms with Crippen molar-refractivity contribution in [2.45, 2.75) is 46.0 Å². The SMILES string of the molecule is CN(C)S(=O)(=O)CCc1ccc(CC(=O)c2ncc(C#N)[nH]2)c(C2=CCC(C)(C)CC2)c1. The molecule has 0 fully saturated rings. The van der Waals surface area contributed by atoms with E-state index in [1.807, 2.05) is 24.3 Å². The number of allylic oxidation sites excluding steroid dienone is 2. The van der Waals surface area contributed by atoms with Crippen molar-refractivity contribution in [1.29, 1.82) is 5.26 Å². The van der Waals surface area contributed by atoms with Crippen molar-refractivity contribution in [3.05, 3.63) is 58.7 Å². The number of imidazole rings is 1. The zero-order chi connectivity index (χ0) is 23.5. The molecule has 1 aliphatic carbocycles. The van der Waals surface area contributed by atoms with Crippen LogP contribution in [0.25, 0.3) is 5.57 Å². The maximum absolute atomic E-state index is 12.8. The van der Waals surface area contributed by atoms with Crippen LogP contribution in [-0.4, -0.2) is 48.3 Å². The van der Waals surface area contributed by atoms with Crippen molar-refractivity contribution in [3.63, 3.8) is 0 Å². The standard InChI is InChI=1S/C24H30N4O3S/c1-24(2)10-7-18(8-11-24)21-13-17(9-12-32(30,31)28(3)4)5-6-19(21)14-22(29)23-26-16-20(15-25)27-23/h5-7,13,16H,8-12,14H2,1-4H3,(H,26,27). The zero-order valence-corrected chi connectivity index (χ0v) is 19.9. The van der Waals surface area contributed by atoms with E-state index in [4.69, 9.17) is 5.26 Å². The maximum atomic E-state index is 12.8. The van der Waals surface area contributed by atoms with Gasteiger partial charge in [0, 0.05) is 20.5 Å². The molecule has 8 heteroatoms. The number of hydrogen-bond donors (Lipinski definition) is 1. The first-order valence-electron chi connectivity index (χ1n) is 10.7. The minimum absolute atomic E-state index is 0.0348. The monoisotopic (exact) mass is 454 g/mol. The molecular formula is C24H30N4O3S. The number of nitrogens with one attached hydrogen (secondary N) is 1. The summed E-state index contributed by atoms with van der Waals surface area (Å²) in [4.78, 5) is 19.6. The molecule has 0 aliphatic heterocycles. The molecule has 0 atom stereocenters. The highest BCUT2D eigenvalue weighted by atomic mass is 32.2. The van der Waals surface area contributed by atoms with Crippen LogP contribution in [0.3, 0.4) is 0 Å². The van der Waals surface area contributed by atoms with Crippen molar-refractivity contribution < 1.29 is 13.2 Å². The number of carbonyl (C=O) groups is 1. The molecule has 3 rings (SSSR count). The average molecular weight is 455 g/mol. The number of nitriles is 1. The van der Waals surface area contributed by atoms with Gasteiger partial charge in [0.05, 0.1) is 11.9 Å². The number of carbonyl (C=O) groups excluding carboxylic acids is 1. The summed E-state index contributed by atoms with van der Waals surface area (Å²) < 4.78 is 25.6. The molecule has 2 aromatic rings. The summed E-state index contributed by atoms with van der Waals surface area (Å²) in [7, 11) is -0.213. The minimum Gasteiger partial charge on any atom is -0.327 e. The molecule has 0 saturated heterocycles. The predicted molar refractivity (Wildman–Crippen MR) is 125 cm³/mol. The van der Waals surface area contributed by atoms with E-state index in [2.05, 4.69) is 29.9 Å². The van der Waals surface area contributed by atoms with Crippen molar-refractivity contribution in [1.82, 2.24) is 14.3 Å². The van der Waals surface area contributed by atoms with E-state index in [-0.39, 0.29) is 34.9 Å². The van der Waals surface area contributed by atoms with Crippen LogP contribution in [0.15, 0.2) is 30.5 Å². The van der Waals surface area contributed by atoms with Crippen molar-refractivity contribution in [2.75, 3.05) is 19.8 Å². The Bertz CT molecular complexity index is 1180. The molecule has 0 bridgehead atoms. The predicted octanol–water partition coefficient (Wildman–Crippen LogP) is 3.73. The second-order valence-electron chi connectivity index (χ2n) is 9.29. The number of H-pyrrole nitrogens is 1. The Morgan fingerprint density at radius 1 is 1.31 bits per heavy atom. The highest BCUT2D eigenvalue weighted by molar-refractivity contribution is 7.89. The highest BCUT2D eigenvalue weighted by Gasteiger charge is 2.24. The van der Waals surface area contributed by atoms with Gasteiger partial charge in [-0.15, -0.1) is 0 Å². The van der Waals surface area contributed by atoms with Crippen molar-refractivity contribution >= 4 is 21.4 Å². The number of Topliss-reactive ketones (excluding diaryl/α,β-unsaturated/α-hetero) is 1. The van der Waals surface area contributed by atoms with Crippen molar-refractivity contribution in [2.24, 2.45) is 5.41 Å². The molecule has 7 nitrogen and oxygen atoms in total. The van der Waals surface area contributed by atoms with Gasteiger partial charge in [-0.2, -0.15) is 5.26 Å². The number of aryl methyl sites for hydroxylation is 1. The van der Waals surface area contributed by atoms with E-state index < -0.39 is 10.0 Å². The third-order valence-electron chi connectivity index (χ3n) is 6.01. The Kier molecular flexibility index (Phi) is 7.01. The fourth-order valence-corrected chi connectivity index (χ4v) is 4.62. The first-order chi connectivity index (χ1) is 15.0. The molecule has 0 saturated carbocycles. The van der Waals surface area contributed by atoms with Gasteiger partial charge >= 0.3 is 0 Å². The van der Waals surface area contributed by atoms with Crippen LogP contribution in [0, 0.1) is 16.7 Å². The van der Waals surface area contributed by atoms with Crippen LogP contribution >= 0.6 is 0 Å². The van der Waals surface area contributed by atoms with Crippen LogP contribution in [0.2, 0.25) is 0 Å². The quantitative estimate of drug-likeness (QED) is 0.612. The summed E-state index contributed by atoms with van der Waals surface area (Å²) >= 11 is 0. The lowest BCUT2D eigenvalue weighted by Crippen LogP contribution is -2.26. The summed E-state index contributed by atoms with van der Waals surface area (Å²) in [6.45, 7) is 4.49. The van der Waals surface area contributed by atoms with Crippen LogP contribution < -0.4 is 0 Å². The van der Waals surface area contributed by atoms with Gasteiger partial charge in [0.1, 0.15) is 11.8 Å². The first-order valence-corrected chi connectivity index (χ1v) is 12.3. The second kappa shape index (κ2) is 9.39. The van der Waals surface area contributed by atoms with Crippen LogP contribution in [0.1, 0.15) is 66.1 Å². The Labute approximate surface area is 190 Å². The van der Waals surface area contributed by atoms with E-state index in [0.717, 1.165) is 36.0 Å². The molecule has 1 heterocycles. The number of aromatic amines is 1. The molecule has 1 aliphatic rings. The lowest BCUT2D eigenvalue weighted by molar-refractivity contribution is 0.0984. The van der Waals surface area contributed by atoms with Crippen molar-refractivity contribution in [3.8, 4) is 6.07 Å². The first kappa shape index (κ1) is 23.9. The summed E-state index contributed by atoms with van der Waals surface area (Å²) in [5, 5.41) is 8.97. The largest absolute Gasteiger partial charge is 0.327 e. The fourth-order valence-electron chi connectivity index (χ4n) is 3.76. The topological polar surface area (TPSA) is 107 Å². The molecule has 1 aromatic heterocycles. The van der Waals surface area contributed by atoms with Crippen LogP contribution in [0.4, 0.5) is 0 Å². The molecule has 1 aromatic carbocycles. The minimum atomic E-state index is -3.29. The van der Waals surface area contributed by atoms with Gasteiger partial charge in [0.25, 0.3) is 0 Å². The smallest absolute Gasteiger partial charge is 0.213 e. The zero-order valence-electron chi connectivity index (χ0n) is 19.1. The van der Waals surface area contributed by atoms with Gasteiger partial charge in [0.2, 0.25) is 15.8 Å². The van der Waals surface area contributed by atoms with Gasteiger partial charge in [-0.05, 0) is 53.4 Å². The fraction of sp³-hybridized carbons (Fsp3) is 0.458. The maximum Gasteiger partial charge on any atom is 0.213 e. The van der Waals surface area contributed by atoms with Crippen LogP contribution in [-0.2, 0) is 22.9 Å². The molecule has 0 spiro atoms. The summed E-state index contributed by atoms with van der Waals surface area (Å²) in [5.41, 5.74) is 4.51. The number of benzene rings is 1. The Hall–Kier alpha value is -2.76. The number of hydrogen-bond acceptors (Lipinski definition) is 5. The van der Waals surface area contributed by atoms with Gasteiger partial charge in [-0.1, -0.05) is 38.1 Å². The second-order valence-corrected chi connectivity index (χ2v) is 11.6. The van der Waals surface area contributed by atoms with Gasteiger partial charge < -0.3 is 4.98 Å². The third kappa shape index (κ3) is 5.72. The van der Waals surface area contributed by atoms with E-state index in [0.29, 0.717) is 6.42 Å². The van der Waals surface area contributed by atoms with E-state index in [1.165, 1.54) is 30.2 Å². The lowest BCUT2D eigenvalue weighted by Gasteiger charge is -2.29. The number of aromatic nitrogens is 2. The molecule has 0 radical (unpaired) electrons. The van der Waals surface area contributed by atoms with E-state index in [9.17, 15) is 13.2 Å². The third-order valence-corrected chi connectivity index (χ3v) is 7.84. The molecule has 1 N–H and O–H groups in total. The number of sulfonamides is 1. The number of nitrogens with zero attached hydrogens (tertiary/aromatic N) is 3. The average Bonchev–Trinajstić information content (AvgIpc) is 3.22. The van der Waals surface area contributed by atoms with Crippen LogP contribution in [0.5, 0.6) is 0 Å². The lowest BCUT2D eigenvalue weighted by atomic mass is 9.76. The summed E-state index contributed by atoms with van der Waals surface area (Å²) in [5.74, 6) is 0.0208. The molecule has 0 unspecified atom stereocenters. The van der Waals surface area contributed by atoms with Gasteiger partial charge in [0.15, 0.2) is 5.82 Å².